The number of carboxylic acid groups (broad SMARTS) is 1. The highest BCUT2D eigenvalue weighted by Gasteiger charge is 2.37. The van der Waals surface area contributed by atoms with Gasteiger partial charge in [-0.2, -0.15) is 0 Å². The molecule has 1 fully saturated rings. The van der Waals surface area contributed by atoms with E-state index in [4.69, 9.17) is 5.11 Å². The van der Waals surface area contributed by atoms with Crippen LogP contribution in [0.4, 0.5) is 0 Å². The number of hydrogen-bond acceptors (Lipinski definition) is 2. The van der Waals surface area contributed by atoms with Crippen LogP contribution in [-0.2, 0) is 4.79 Å². The zero-order valence-corrected chi connectivity index (χ0v) is 8.76. The van der Waals surface area contributed by atoms with Gasteiger partial charge in [0.15, 0.2) is 0 Å². The molecule has 0 spiro atoms. The highest BCUT2D eigenvalue weighted by molar-refractivity contribution is 5.74. The third-order valence-electron chi connectivity index (χ3n) is 3.13. The second-order valence-electron chi connectivity index (χ2n) is 3.97. The number of hydrogen-bond donors (Lipinski definition) is 1. The molecule has 1 N–H and O–H groups in total. The molecule has 1 saturated heterocycles. The van der Waals surface area contributed by atoms with Crippen molar-refractivity contribution in [2.24, 2.45) is 0 Å². The highest BCUT2D eigenvalue weighted by Crippen LogP contribution is 2.29. The van der Waals surface area contributed by atoms with Gasteiger partial charge in [-0.25, -0.2) is 0 Å². The number of likely N-dealkylation sites (tertiary alicyclic amines) is 1. The highest BCUT2D eigenvalue weighted by atomic mass is 16.4. The van der Waals surface area contributed by atoms with Crippen LogP contribution in [0.25, 0.3) is 0 Å². The Bertz CT molecular complexity index is 350. The maximum atomic E-state index is 10.9. The van der Waals surface area contributed by atoms with Crippen LogP contribution >= 0.6 is 0 Å². The van der Waals surface area contributed by atoms with Gasteiger partial charge in [0.25, 0.3) is 0 Å². The normalized spacial score (nSPS) is 23.1. The van der Waals surface area contributed by atoms with Crippen molar-refractivity contribution in [3.63, 3.8) is 0 Å². The van der Waals surface area contributed by atoms with E-state index in [0.29, 0.717) is 0 Å². The number of carbonyl (C=O) groups is 1. The lowest BCUT2D eigenvalue weighted by Crippen LogP contribution is -2.53. The fourth-order valence-corrected chi connectivity index (χ4v) is 2.06. The van der Waals surface area contributed by atoms with Crippen LogP contribution in [-0.4, -0.2) is 28.6 Å². The Kier molecular flexibility index (Phi) is 2.73. The van der Waals surface area contributed by atoms with Gasteiger partial charge in [-0.1, -0.05) is 30.3 Å². The molecule has 1 aromatic rings. The fourth-order valence-electron chi connectivity index (χ4n) is 2.06. The maximum absolute atomic E-state index is 10.9. The largest absolute Gasteiger partial charge is 0.480 e. The molecule has 0 aromatic heterocycles. The first kappa shape index (κ1) is 10.2. The van der Waals surface area contributed by atoms with Gasteiger partial charge in [0.05, 0.1) is 0 Å². The molecular formula is C12H15NO2. The Labute approximate surface area is 89.3 Å². The predicted octanol–water partition coefficient (Wildman–Crippen LogP) is 1.91. The number of aliphatic carboxylic acids is 1. The molecule has 3 heteroatoms. The van der Waals surface area contributed by atoms with Crippen molar-refractivity contribution in [3.05, 3.63) is 35.9 Å². The van der Waals surface area contributed by atoms with Crippen LogP contribution in [0.1, 0.15) is 24.9 Å². The molecule has 0 amide bonds. The quantitative estimate of drug-likeness (QED) is 0.819. The van der Waals surface area contributed by atoms with E-state index >= 15 is 0 Å². The molecule has 0 saturated carbocycles. The number of carboxylic acids is 1. The Morgan fingerprint density at radius 1 is 1.47 bits per heavy atom. The van der Waals surface area contributed by atoms with E-state index in [9.17, 15) is 4.79 Å². The van der Waals surface area contributed by atoms with Gasteiger partial charge in [0.2, 0.25) is 0 Å². The van der Waals surface area contributed by atoms with Crippen LogP contribution in [0.5, 0.6) is 0 Å². The van der Waals surface area contributed by atoms with Gasteiger partial charge in [-0.15, -0.1) is 0 Å². The van der Waals surface area contributed by atoms with E-state index in [1.165, 1.54) is 5.56 Å². The number of rotatable bonds is 3. The minimum absolute atomic E-state index is 0.195. The first-order valence-corrected chi connectivity index (χ1v) is 5.23. The Balaban J connectivity index is 2.09. The van der Waals surface area contributed by atoms with Crippen LogP contribution in [0.15, 0.2) is 30.3 Å². The number of nitrogens with zero attached hydrogens (tertiary/aromatic N) is 1. The van der Waals surface area contributed by atoms with E-state index < -0.39 is 5.97 Å². The van der Waals surface area contributed by atoms with Gasteiger partial charge < -0.3 is 5.11 Å². The fraction of sp³-hybridized carbons (Fsp3) is 0.417. The lowest BCUT2D eigenvalue weighted by molar-refractivity contribution is -0.150. The summed E-state index contributed by atoms with van der Waals surface area (Å²) in [7, 11) is 0. The molecule has 2 atom stereocenters. The van der Waals surface area contributed by atoms with Gasteiger partial charge in [-0.3, -0.25) is 9.69 Å². The molecule has 1 heterocycles. The summed E-state index contributed by atoms with van der Waals surface area (Å²) in [6.45, 7) is 2.94. The topological polar surface area (TPSA) is 40.5 Å². The first-order valence-electron chi connectivity index (χ1n) is 5.23. The maximum Gasteiger partial charge on any atom is 0.320 e. The summed E-state index contributed by atoms with van der Waals surface area (Å²) in [6.07, 6.45) is 0.770. The average molecular weight is 205 g/mol. The summed E-state index contributed by atoms with van der Waals surface area (Å²) in [5.74, 6) is -0.705. The first-order chi connectivity index (χ1) is 7.20. The lowest BCUT2D eigenvalue weighted by atomic mass is 9.96. The van der Waals surface area contributed by atoms with Crippen molar-refractivity contribution in [2.75, 3.05) is 6.54 Å². The van der Waals surface area contributed by atoms with Crippen molar-refractivity contribution in [2.45, 2.75) is 25.4 Å². The molecule has 0 aliphatic carbocycles. The van der Waals surface area contributed by atoms with Gasteiger partial charge >= 0.3 is 5.97 Å². The summed E-state index contributed by atoms with van der Waals surface area (Å²) in [4.78, 5) is 12.9. The van der Waals surface area contributed by atoms with Crippen LogP contribution in [0.3, 0.4) is 0 Å². The molecule has 80 valence electrons. The summed E-state index contributed by atoms with van der Waals surface area (Å²) in [5, 5.41) is 8.96. The lowest BCUT2D eigenvalue weighted by Gasteiger charge is -2.42. The van der Waals surface area contributed by atoms with E-state index in [0.717, 1.165) is 13.0 Å². The molecule has 0 bridgehead atoms. The van der Waals surface area contributed by atoms with Gasteiger partial charge in [0.1, 0.15) is 6.04 Å². The average Bonchev–Trinajstić information content (AvgIpc) is 2.16. The number of benzene rings is 1. The van der Waals surface area contributed by atoms with Crippen molar-refractivity contribution in [1.29, 1.82) is 0 Å². The summed E-state index contributed by atoms with van der Waals surface area (Å²) < 4.78 is 0. The summed E-state index contributed by atoms with van der Waals surface area (Å²) >= 11 is 0. The molecule has 1 aliphatic rings. The third-order valence-corrected chi connectivity index (χ3v) is 3.13. The second-order valence-corrected chi connectivity index (χ2v) is 3.97. The zero-order chi connectivity index (χ0) is 10.8. The Morgan fingerprint density at radius 3 is 2.60 bits per heavy atom. The second kappa shape index (κ2) is 4.03. The van der Waals surface area contributed by atoms with Crippen LogP contribution in [0.2, 0.25) is 0 Å². The zero-order valence-electron chi connectivity index (χ0n) is 8.76. The summed E-state index contributed by atoms with van der Waals surface area (Å²) in [6, 6.07) is 9.94. The third kappa shape index (κ3) is 1.88. The molecule has 0 unspecified atom stereocenters. The predicted molar refractivity (Wildman–Crippen MR) is 57.6 cm³/mol. The van der Waals surface area contributed by atoms with Crippen molar-refractivity contribution in [1.82, 2.24) is 4.90 Å². The van der Waals surface area contributed by atoms with Gasteiger partial charge in [-0.05, 0) is 18.9 Å². The van der Waals surface area contributed by atoms with Crippen molar-refractivity contribution < 1.29 is 9.90 Å². The van der Waals surface area contributed by atoms with E-state index in [2.05, 4.69) is 6.92 Å². The van der Waals surface area contributed by atoms with Gasteiger partial charge in [0, 0.05) is 12.6 Å². The molecular weight excluding hydrogens is 190 g/mol. The van der Waals surface area contributed by atoms with Crippen LogP contribution < -0.4 is 0 Å². The molecule has 0 radical (unpaired) electrons. The monoisotopic (exact) mass is 205 g/mol. The van der Waals surface area contributed by atoms with E-state index in [1.807, 2.05) is 35.2 Å². The van der Waals surface area contributed by atoms with Crippen molar-refractivity contribution in [3.8, 4) is 0 Å². The molecule has 1 aromatic carbocycles. The SMILES string of the molecule is C[C@@H](c1ccccc1)N1CC[C@@H]1C(=O)O. The van der Waals surface area contributed by atoms with Crippen molar-refractivity contribution >= 4 is 5.97 Å². The minimum Gasteiger partial charge on any atom is -0.480 e. The summed E-state index contributed by atoms with van der Waals surface area (Å²) in [5.41, 5.74) is 1.18. The molecule has 2 rings (SSSR count). The van der Waals surface area contributed by atoms with E-state index in [1.54, 1.807) is 0 Å². The molecule has 3 nitrogen and oxygen atoms in total. The molecule has 1 aliphatic heterocycles. The van der Waals surface area contributed by atoms with Crippen LogP contribution in [0, 0.1) is 0 Å². The smallest absolute Gasteiger partial charge is 0.320 e. The minimum atomic E-state index is -0.705. The van der Waals surface area contributed by atoms with E-state index in [-0.39, 0.29) is 12.1 Å². The molecule has 15 heavy (non-hydrogen) atoms. The Morgan fingerprint density at radius 2 is 2.13 bits per heavy atom. The standard InChI is InChI=1S/C12H15NO2/c1-9(10-5-3-2-4-6-10)13-8-7-11(13)12(14)15/h2-6,9,11H,7-8H2,1H3,(H,14,15)/t9-,11+/m0/s1. The Hall–Kier alpha value is -1.35.